The van der Waals surface area contributed by atoms with Gasteiger partial charge in [0.1, 0.15) is 4.90 Å². The monoisotopic (exact) mass is 712 g/mol. The number of hydrogen-bond acceptors (Lipinski definition) is 7. The molecule has 2 aromatic carbocycles. The summed E-state index contributed by atoms with van der Waals surface area (Å²) in [5, 5.41) is 12.1. The Balaban J connectivity index is 1.69. The number of carbonyl (C=O) groups is 4. The molecule has 258 valence electrons. The van der Waals surface area contributed by atoms with Gasteiger partial charge in [-0.1, -0.05) is 53.5 Å². The Hall–Kier alpha value is -3.39. The molecule has 0 spiro atoms. The number of likely N-dealkylation sites (tertiary alicyclic amines) is 1. The van der Waals surface area contributed by atoms with Gasteiger partial charge in [-0.15, -0.1) is 0 Å². The van der Waals surface area contributed by atoms with Gasteiger partial charge in [0.15, 0.2) is 0 Å². The average molecular weight is 714 g/mol. The Morgan fingerprint density at radius 2 is 1.70 bits per heavy atom. The van der Waals surface area contributed by atoms with Crippen LogP contribution >= 0.6 is 23.2 Å². The highest BCUT2D eigenvalue weighted by Crippen LogP contribution is 2.32. The summed E-state index contributed by atoms with van der Waals surface area (Å²) in [6.07, 6.45) is 1.63. The summed E-state index contributed by atoms with van der Waals surface area (Å²) in [4.78, 5) is 51.7. The maximum atomic E-state index is 13.8. The van der Waals surface area contributed by atoms with Crippen molar-refractivity contribution in [1.82, 2.24) is 19.4 Å². The largest absolute Gasteiger partial charge is 0.466 e. The molecule has 1 aliphatic rings. The van der Waals surface area contributed by atoms with Crippen molar-refractivity contribution in [3.8, 4) is 0 Å². The maximum Gasteiger partial charge on any atom is 0.407 e. The number of unbranched alkanes of at least 4 members (excludes halogenated alkanes) is 1. The van der Waals surface area contributed by atoms with Crippen LogP contribution in [0.4, 0.5) is 4.79 Å². The summed E-state index contributed by atoms with van der Waals surface area (Å²) in [5.74, 6) is -1.34. The standard InChI is InChI=1S/C32H42Cl2N4O8S/c1-23-27(33)10-11-28(31(23)34)47(44,45)38(18-14-25-8-4-3-5-9-25)22-29(40)35-20-30(41)37(15-6-7-19-46-24(2)39)21-26-12-16-36(17-13-26)32(42)43/h3-5,8-11,26H,6-7,12-22H2,1-2H3,(H,35,40)(H,42,43). The van der Waals surface area contributed by atoms with Crippen molar-refractivity contribution < 1.29 is 37.4 Å². The Morgan fingerprint density at radius 3 is 2.34 bits per heavy atom. The van der Waals surface area contributed by atoms with Gasteiger partial charge in [-0.3, -0.25) is 14.4 Å². The van der Waals surface area contributed by atoms with E-state index < -0.39 is 28.6 Å². The first-order valence-electron chi connectivity index (χ1n) is 15.4. The van der Waals surface area contributed by atoms with Crippen molar-refractivity contribution in [1.29, 1.82) is 0 Å². The van der Waals surface area contributed by atoms with Crippen LogP contribution in [-0.4, -0.2) is 104 Å². The van der Waals surface area contributed by atoms with Crippen molar-refractivity contribution in [3.63, 3.8) is 0 Å². The first-order chi connectivity index (χ1) is 22.3. The van der Waals surface area contributed by atoms with Crippen molar-refractivity contribution in [3.05, 3.63) is 63.6 Å². The van der Waals surface area contributed by atoms with Crippen LogP contribution in [0.3, 0.4) is 0 Å². The van der Waals surface area contributed by atoms with Crippen LogP contribution in [-0.2, 0) is 35.6 Å². The van der Waals surface area contributed by atoms with Crippen LogP contribution in [0, 0.1) is 12.8 Å². The molecule has 1 aliphatic heterocycles. The Bertz CT molecular complexity index is 1500. The molecule has 0 radical (unpaired) electrons. The SMILES string of the molecule is CC(=O)OCCCCN(CC1CCN(C(=O)O)CC1)C(=O)CNC(=O)CN(CCc1ccccc1)S(=O)(=O)c1ccc(Cl)c(C)c1Cl. The second-order valence-corrected chi connectivity index (χ2v) is 14.1. The van der Waals surface area contributed by atoms with Crippen LogP contribution in [0.5, 0.6) is 0 Å². The molecule has 0 aliphatic carbocycles. The molecule has 3 rings (SSSR count). The van der Waals surface area contributed by atoms with Gasteiger partial charge in [0.05, 0.1) is 24.7 Å². The van der Waals surface area contributed by atoms with E-state index >= 15 is 0 Å². The molecular weight excluding hydrogens is 671 g/mol. The number of amides is 3. The zero-order valence-corrected chi connectivity index (χ0v) is 29.0. The number of ether oxygens (including phenoxy) is 1. The van der Waals surface area contributed by atoms with Gasteiger partial charge in [-0.05, 0) is 68.2 Å². The minimum Gasteiger partial charge on any atom is -0.466 e. The number of piperidine rings is 1. The lowest BCUT2D eigenvalue weighted by Gasteiger charge is -2.34. The smallest absolute Gasteiger partial charge is 0.407 e. The van der Waals surface area contributed by atoms with E-state index in [9.17, 15) is 32.7 Å². The molecule has 0 unspecified atom stereocenters. The van der Waals surface area contributed by atoms with Gasteiger partial charge >= 0.3 is 12.1 Å². The average Bonchev–Trinajstić information content (AvgIpc) is 3.04. The first kappa shape index (κ1) is 38.1. The number of esters is 1. The zero-order valence-electron chi connectivity index (χ0n) is 26.6. The van der Waals surface area contributed by atoms with Gasteiger partial charge in [0, 0.05) is 44.7 Å². The van der Waals surface area contributed by atoms with Crippen LogP contribution < -0.4 is 5.32 Å². The second-order valence-electron chi connectivity index (χ2n) is 11.4. The van der Waals surface area contributed by atoms with E-state index in [4.69, 9.17) is 27.9 Å². The lowest BCUT2D eigenvalue weighted by atomic mass is 9.96. The normalized spacial score (nSPS) is 13.8. The molecule has 15 heteroatoms. The third kappa shape index (κ3) is 11.7. The van der Waals surface area contributed by atoms with E-state index in [1.54, 1.807) is 11.8 Å². The topological polar surface area (TPSA) is 154 Å². The molecule has 3 amide bonds. The summed E-state index contributed by atoms with van der Waals surface area (Å²) in [6, 6.07) is 12.0. The van der Waals surface area contributed by atoms with Crippen LogP contribution in [0.25, 0.3) is 0 Å². The predicted molar refractivity (Wildman–Crippen MR) is 178 cm³/mol. The summed E-state index contributed by atoms with van der Waals surface area (Å²) in [5.41, 5.74) is 1.27. The fraction of sp³-hybridized carbons (Fsp3) is 0.500. The van der Waals surface area contributed by atoms with E-state index in [2.05, 4.69) is 5.32 Å². The minimum atomic E-state index is -4.24. The van der Waals surface area contributed by atoms with Crippen molar-refractivity contribution in [2.75, 3.05) is 52.4 Å². The molecule has 0 bridgehead atoms. The van der Waals surface area contributed by atoms with E-state index in [-0.39, 0.29) is 47.4 Å². The summed E-state index contributed by atoms with van der Waals surface area (Å²) in [6.45, 7) is 3.69. The number of carbonyl (C=O) groups excluding carboxylic acids is 3. The van der Waals surface area contributed by atoms with E-state index in [0.717, 1.165) is 9.87 Å². The highest BCUT2D eigenvalue weighted by molar-refractivity contribution is 7.89. The van der Waals surface area contributed by atoms with Gasteiger partial charge in [-0.2, -0.15) is 4.31 Å². The molecule has 2 N–H and O–H groups in total. The summed E-state index contributed by atoms with van der Waals surface area (Å²) >= 11 is 12.5. The van der Waals surface area contributed by atoms with Gasteiger partial charge < -0.3 is 25.0 Å². The van der Waals surface area contributed by atoms with E-state index in [1.807, 2.05) is 30.3 Å². The van der Waals surface area contributed by atoms with Gasteiger partial charge in [0.25, 0.3) is 0 Å². The fourth-order valence-electron chi connectivity index (χ4n) is 5.22. The van der Waals surface area contributed by atoms with Crippen molar-refractivity contribution in [2.24, 2.45) is 5.92 Å². The Labute approximate surface area is 286 Å². The number of halogens is 2. The zero-order chi connectivity index (χ0) is 34.6. The number of sulfonamides is 1. The molecule has 2 aromatic rings. The van der Waals surface area contributed by atoms with E-state index in [0.29, 0.717) is 68.9 Å². The third-order valence-electron chi connectivity index (χ3n) is 8.00. The van der Waals surface area contributed by atoms with Crippen LogP contribution in [0.15, 0.2) is 47.4 Å². The molecule has 0 saturated carbocycles. The van der Waals surface area contributed by atoms with Crippen molar-refractivity contribution in [2.45, 2.75) is 50.8 Å². The molecule has 12 nitrogen and oxygen atoms in total. The third-order valence-corrected chi connectivity index (χ3v) is 10.9. The second kappa shape index (κ2) is 18.2. The number of carboxylic acid groups (broad SMARTS) is 1. The maximum absolute atomic E-state index is 13.8. The van der Waals surface area contributed by atoms with Crippen LogP contribution in [0.2, 0.25) is 10.0 Å². The number of nitrogens with zero attached hydrogens (tertiary/aromatic N) is 3. The molecule has 1 saturated heterocycles. The highest BCUT2D eigenvalue weighted by atomic mass is 35.5. The molecule has 47 heavy (non-hydrogen) atoms. The quantitative estimate of drug-likeness (QED) is 0.194. The number of nitrogens with one attached hydrogen (secondary N) is 1. The van der Waals surface area contributed by atoms with Crippen molar-refractivity contribution >= 4 is 57.1 Å². The molecule has 1 fully saturated rings. The Morgan fingerprint density at radius 1 is 1.02 bits per heavy atom. The minimum absolute atomic E-state index is 0.0186. The highest BCUT2D eigenvalue weighted by Gasteiger charge is 2.30. The summed E-state index contributed by atoms with van der Waals surface area (Å²) < 4.78 is 33.6. The summed E-state index contributed by atoms with van der Waals surface area (Å²) in [7, 11) is -4.24. The van der Waals surface area contributed by atoms with Gasteiger partial charge in [-0.25, -0.2) is 13.2 Å². The number of hydrogen-bond donors (Lipinski definition) is 2. The lowest BCUT2D eigenvalue weighted by molar-refractivity contribution is -0.141. The Kier molecular flexibility index (Phi) is 14.8. The lowest BCUT2D eigenvalue weighted by Crippen LogP contribution is -2.47. The molecule has 1 heterocycles. The van der Waals surface area contributed by atoms with E-state index in [1.165, 1.54) is 24.0 Å². The molecule has 0 aromatic heterocycles. The molecular formula is C32H42Cl2N4O8S. The van der Waals surface area contributed by atoms with Gasteiger partial charge in [0.2, 0.25) is 21.8 Å². The fourth-order valence-corrected chi connectivity index (χ4v) is 7.40. The molecule has 0 atom stereocenters. The number of rotatable bonds is 16. The first-order valence-corrected chi connectivity index (χ1v) is 17.6. The number of benzene rings is 2. The van der Waals surface area contributed by atoms with Crippen LogP contribution in [0.1, 0.15) is 43.7 Å². The predicted octanol–water partition coefficient (Wildman–Crippen LogP) is 4.21.